The third kappa shape index (κ3) is 1.80. The maximum Gasteiger partial charge on any atom is 0.377 e. The van der Waals surface area contributed by atoms with Crippen LogP contribution in [0.15, 0.2) is 34.9 Å². The molecule has 2 atom stereocenters. The van der Waals surface area contributed by atoms with Gasteiger partial charge in [0, 0.05) is 5.92 Å². The molecule has 2 aromatic rings. The Labute approximate surface area is 97.1 Å². The van der Waals surface area contributed by atoms with Crippen LogP contribution in [0.1, 0.15) is 40.3 Å². The van der Waals surface area contributed by atoms with Gasteiger partial charge in [0.1, 0.15) is 0 Å². The quantitative estimate of drug-likeness (QED) is 0.873. The smallest absolute Gasteiger partial charge is 0.377 e. The summed E-state index contributed by atoms with van der Waals surface area (Å²) in [6, 6.07) is 10.1. The predicted molar refractivity (Wildman–Crippen MR) is 57.8 cm³/mol. The van der Waals surface area contributed by atoms with Crippen molar-refractivity contribution < 1.29 is 14.4 Å². The summed E-state index contributed by atoms with van der Waals surface area (Å²) in [6.07, 6.45) is 0.936. The Bertz CT molecular complexity index is 550. The van der Waals surface area contributed by atoms with Crippen molar-refractivity contribution in [3.63, 3.8) is 0 Å². The molecule has 1 fully saturated rings. The van der Waals surface area contributed by atoms with Gasteiger partial charge in [-0.15, -0.1) is 0 Å². The normalized spacial score (nSPS) is 22.4. The first-order chi connectivity index (χ1) is 8.25. The first kappa shape index (κ1) is 10.0. The first-order valence-corrected chi connectivity index (χ1v) is 5.37. The lowest BCUT2D eigenvalue weighted by atomic mass is 10.1. The van der Waals surface area contributed by atoms with Crippen LogP contribution in [0.3, 0.4) is 0 Å². The number of hydrogen-bond acceptors (Lipinski definition) is 4. The van der Waals surface area contributed by atoms with Crippen molar-refractivity contribution in [3.05, 3.63) is 47.6 Å². The third-order valence-electron chi connectivity index (χ3n) is 2.97. The minimum Gasteiger partial charge on any atom is -0.475 e. The lowest BCUT2D eigenvalue weighted by Gasteiger charge is -1.95. The van der Waals surface area contributed by atoms with Gasteiger partial charge in [0.05, 0.1) is 0 Å². The van der Waals surface area contributed by atoms with Crippen molar-refractivity contribution in [2.75, 3.05) is 0 Å². The van der Waals surface area contributed by atoms with Gasteiger partial charge >= 0.3 is 5.97 Å². The lowest BCUT2D eigenvalue weighted by molar-refractivity contribution is 0.0680. The molecule has 0 amide bonds. The van der Waals surface area contributed by atoms with Gasteiger partial charge in [-0.05, 0) is 23.1 Å². The molecule has 0 aliphatic heterocycles. The minimum absolute atomic E-state index is 0.165. The van der Waals surface area contributed by atoms with Crippen LogP contribution < -0.4 is 0 Å². The molecule has 3 rings (SSSR count). The summed E-state index contributed by atoms with van der Waals surface area (Å²) in [7, 11) is 0. The molecular weight excluding hydrogens is 220 g/mol. The van der Waals surface area contributed by atoms with Gasteiger partial charge in [-0.2, -0.15) is 4.98 Å². The number of aromatic carboxylic acids is 1. The van der Waals surface area contributed by atoms with Crippen LogP contribution in [0.4, 0.5) is 0 Å². The van der Waals surface area contributed by atoms with Crippen LogP contribution in [0.2, 0.25) is 0 Å². The van der Waals surface area contributed by atoms with Crippen LogP contribution in [-0.4, -0.2) is 21.2 Å². The van der Waals surface area contributed by atoms with E-state index in [9.17, 15) is 4.79 Å². The van der Waals surface area contributed by atoms with Gasteiger partial charge in [0.2, 0.25) is 5.89 Å². The Balaban J connectivity index is 1.78. The molecule has 0 radical (unpaired) electrons. The van der Waals surface area contributed by atoms with Crippen molar-refractivity contribution in [3.8, 4) is 0 Å². The van der Waals surface area contributed by atoms with Crippen LogP contribution in [0.5, 0.6) is 0 Å². The Hall–Kier alpha value is -2.17. The molecule has 1 aromatic heterocycles. The van der Waals surface area contributed by atoms with Crippen LogP contribution in [0, 0.1) is 0 Å². The summed E-state index contributed by atoms with van der Waals surface area (Å²) in [5.74, 6) is -0.455. The van der Waals surface area contributed by atoms with E-state index >= 15 is 0 Å². The van der Waals surface area contributed by atoms with E-state index in [1.165, 1.54) is 5.56 Å². The average Bonchev–Trinajstić information content (AvgIpc) is 2.99. The Morgan fingerprint density at radius 3 is 2.71 bits per heavy atom. The highest BCUT2D eigenvalue weighted by Gasteiger charge is 2.43. The van der Waals surface area contributed by atoms with E-state index in [0.717, 1.165) is 6.42 Å². The van der Waals surface area contributed by atoms with Gasteiger partial charge in [-0.25, -0.2) is 4.79 Å². The van der Waals surface area contributed by atoms with Crippen LogP contribution in [0.25, 0.3) is 0 Å². The van der Waals surface area contributed by atoms with Crippen molar-refractivity contribution >= 4 is 5.97 Å². The number of aromatic nitrogens is 2. The second-order valence-electron chi connectivity index (χ2n) is 4.12. The van der Waals surface area contributed by atoms with Gasteiger partial charge in [0.25, 0.3) is 5.82 Å². The number of carbonyl (C=O) groups is 1. The summed E-state index contributed by atoms with van der Waals surface area (Å²) in [6.45, 7) is 0. The molecule has 1 heterocycles. The van der Waals surface area contributed by atoms with E-state index < -0.39 is 5.97 Å². The average molecular weight is 230 g/mol. The number of rotatable bonds is 3. The van der Waals surface area contributed by atoms with E-state index in [0.29, 0.717) is 11.8 Å². The number of hydrogen-bond donors (Lipinski definition) is 1. The molecule has 0 bridgehead atoms. The predicted octanol–water partition coefficient (Wildman–Crippen LogP) is 2.04. The summed E-state index contributed by atoms with van der Waals surface area (Å²) in [5, 5.41) is 12.1. The maximum absolute atomic E-state index is 10.6. The fourth-order valence-electron chi connectivity index (χ4n) is 2.01. The Morgan fingerprint density at radius 1 is 1.29 bits per heavy atom. The number of nitrogens with zero attached hydrogens (tertiary/aromatic N) is 2. The maximum atomic E-state index is 10.6. The van der Waals surface area contributed by atoms with Crippen molar-refractivity contribution in [2.45, 2.75) is 18.3 Å². The van der Waals surface area contributed by atoms with E-state index in [1.807, 2.05) is 18.2 Å². The molecular formula is C12H10N2O3. The minimum atomic E-state index is -1.16. The molecule has 0 spiro atoms. The highest BCUT2D eigenvalue weighted by Crippen LogP contribution is 2.53. The molecule has 2 unspecified atom stereocenters. The summed E-state index contributed by atoms with van der Waals surface area (Å²) >= 11 is 0. The molecule has 1 aliphatic rings. The molecule has 86 valence electrons. The first-order valence-electron chi connectivity index (χ1n) is 5.37. The van der Waals surface area contributed by atoms with E-state index in [1.54, 1.807) is 0 Å². The highest BCUT2D eigenvalue weighted by atomic mass is 16.5. The van der Waals surface area contributed by atoms with Crippen LogP contribution in [-0.2, 0) is 0 Å². The molecule has 1 N–H and O–H groups in total. The van der Waals surface area contributed by atoms with E-state index in [-0.39, 0.29) is 11.7 Å². The Kier molecular flexibility index (Phi) is 2.18. The molecule has 5 heteroatoms. The van der Waals surface area contributed by atoms with E-state index in [4.69, 9.17) is 9.63 Å². The van der Waals surface area contributed by atoms with Crippen LogP contribution >= 0.6 is 0 Å². The molecule has 1 saturated carbocycles. The second kappa shape index (κ2) is 3.69. The van der Waals surface area contributed by atoms with Crippen molar-refractivity contribution in [1.82, 2.24) is 10.1 Å². The van der Waals surface area contributed by atoms with Gasteiger partial charge < -0.3 is 9.63 Å². The summed E-state index contributed by atoms with van der Waals surface area (Å²) < 4.78 is 4.96. The molecule has 1 aliphatic carbocycles. The largest absolute Gasteiger partial charge is 0.475 e. The Morgan fingerprint density at radius 2 is 2.06 bits per heavy atom. The van der Waals surface area contributed by atoms with E-state index in [2.05, 4.69) is 22.3 Å². The monoisotopic (exact) mass is 230 g/mol. The lowest BCUT2D eigenvalue weighted by Crippen LogP contribution is -1.98. The third-order valence-corrected chi connectivity index (χ3v) is 2.97. The van der Waals surface area contributed by atoms with Gasteiger partial charge in [-0.1, -0.05) is 30.3 Å². The number of carboxylic acids is 1. The molecule has 1 aromatic carbocycles. The zero-order chi connectivity index (χ0) is 11.8. The standard InChI is InChI=1S/C12H10N2O3/c15-12(16)10-13-11(17-14-10)9-6-8(9)7-4-2-1-3-5-7/h1-5,8-9H,6H2,(H,15,16). The molecule has 0 saturated heterocycles. The highest BCUT2D eigenvalue weighted by molar-refractivity contribution is 5.82. The van der Waals surface area contributed by atoms with Crippen molar-refractivity contribution in [2.24, 2.45) is 0 Å². The summed E-state index contributed by atoms with van der Waals surface area (Å²) in [4.78, 5) is 14.5. The number of benzene rings is 1. The fourth-order valence-corrected chi connectivity index (χ4v) is 2.01. The van der Waals surface area contributed by atoms with Crippen molar-refractivity contribution in [1.29, 1.82) is 0 Å². The second-order valence-corrected chi connectivity index (χ2v) is 4.12. The van der Waals surface area contributed by atoms with Gasteiger partial charge in [0.15, 0.2) is 0 Å². The van der Waals surface area contributed by atoms with Gasteiger partial charge in [-0.3, -0.25) is 0 Å². The zero-order valence-electron chi connectivity index (χ0n) is 8.91. The topological polar surface area (TPSA) is 76.2 Å². The summed E-state index contributed by atoms with van der Waals surface area (Å²) in [5.41, 5.74) is 1.23. The number of carboxylic acid groups (broad SMARTS) is 1. The SMILES string of the molecule is O=C(O)c1noc(C2CC2c2ccccc2)n1. The zero-order valence-corrected chi connectivity index (χ0v) is 8.91. The fraction of sp³-hybridized carbons (Fsp3) is 0.250. The molecule has 5 nitrogen and oxygen atoms in total. The molecule has 17 heavy (non-hydrogen) atoms.